The van der Waals surface area contributed by atoms with Crippen molar-refractivity contribution in [2.45, 2.75) is 12.8 Å². The smallest absolute Gasteiger partial charge is 0.409 e. The lowest BCUT2D eigenvalue weighted by Gasteiger charge is -2.33. The number of para-hydroxylation sites is 1. The molecule has 2 amide bonds. The number of hydrogen-bond acceptors (Lipinski definition) is 5. The summed E-state index contributed by atoms with van der Waals surface area (Å²) >= 11 is 0. The van der Waals surface area contributed by atoms with Gasteiger partial charge in [-0.25, -0.2) is 4.79 Å². The first-order valence-electron chi connectivity index (χ1n) is 11.7. The molecule has 0 saturated carbocycles. The van der Waals surface area contributed by atoms with Crippen LogP contribution in [0.2, 0.25) is 0 Å². The number of nitrogens with zero attached hydrogens (tertiary/aromatic N) is 2. The van der Waals surface area contributed by atoms with E-state index in [0.29, 0.717) is 45.9 Å². The highest BCUT2D eigenvalue weighted by Crippen LogP contribution is 2.31. The van der Waals surface area contributed by atoms with Gasteiger partial charge in [-0.3, -0.25) is 9.69 Å². The largest absolute Gasteiger partial charge is 0.497 e. The number of carbonyl (C=O) groups excluding carboxylic acids is 2. The molecule has 1 unspecified atom stereocenters. The van der Waals surface area contributed by atoms with Gasteiger partial charge in [-0.1, -0.05) is 30.3 Å². The van der Waals surface area contributed by atoms with Crippen molar-refractivity contribution in [3.8, 4) is 5.75 Å². The molecule has 1 fully saturated rings. The Bertz CT molecular complexity index is 1100. The van der Waals surface area contributed by atoms with E-state index in [-0.39, 0.29) is 17.9 Å². The fourth-order valence-electron chi connectivity index (χ4n) is 4.40. The molecule has 1 atom stereocenters. The van der Waals surface area contributed by atoms with Gasteiger partial charge in [0.1, 0.15) is 5.75 Å². The first-order valence-corrected chi connectivity index (χ1v) is 11.7. The summed E-state index contributed by atoms with van der Waals surface area (Å²) in [6, 6.07) is 16.2. The van der Waals surface area contributed by atoms with Gasteiger partial charge in [0.05, 0.1) is 20.3 Å². The molecule has 1 saturated heterocycles. The maximum absolute atomic E-state index is 12.8. The maximum atomic E-state index is 12.8. The maximum Gasteiger partial charge on any atom is 0.409 e. The lowest BCUT2D eigenvalue weighted by molar-refractivity contribution is -0.122. The first-order chi connectivity index (χ1) is 16.6. The van der Waals surface area contributed by atoms with Crippen molar-refractivity contribution in [3.63, 3.8) is 0 Å². The lowest BCUT2D eigenvalue weighted by Crippen LogP contribution is -2.51. The Morgan fingerprint density at radius 2 is 1.79 bits per heavy atom. The van der Waals surface area contributed by atoms with Gasteiger partial charge in [0.2, 0.25) is 5.91 Å². The molecule has 0 spiro atoms. The Labute approximate surface area is 199 Å². The quantitative estimate of drug-likeness (QED) is 0.535. The van der Waals surface area contributed by atoms with Crippen molar-refractivity contribution in [1.29, 1.82) is 0 Å². The van der Waals surface area contributed by atoms with E-state index in [1.54, 1.807) is 18.9 Å². The number of amides is 2. The third-order valence-corrected chi connectivity index (χ3v) is 6.28. The highest BCUT2D eigenvalue weighted by molar-refractivity contribution is 5.84. The Hall–Kier alpha value is -3.52. The highest BCUT2D eigenvalue weighted by Gasteiger charge is 2.24. The van der Waals surface area contributed by atoms with Crippen LogP contribution in [0.25, 0.3) is 10.9 Å². The summed E-state index contributed by atoms with van der Waals surface area (Å²) < 4.78 is 10.4. The van der Waals surface area contributed by atoms with Gasteiger partial charge in [-0.05, 0) is 36.2 Å². The third-order valence-electron chi connectivity index (χ3n) is 6.28. The van der Waals surface area contributed by atoms with Crippen LogP contribution in [0.4, 0.5) is 4.79 Å². The molecule has 180 valence electrons. The van der Waals surface area contributed by atoms with Crippen molar-refractivity contribution in [2.75, 3.05) is 53.0 Å². The second-order valence-corrected chi connectivity index (χ2v) is 8.38. The van der Waals surface area contributed by atoms with E-state index in [1.807, 2.05) is 42.6 Å². The van der Waals surface area contributed by atoms with E-state index in [9.17, 15) is 9.59 Å². The molecule has 34 heavy (non-hydrogen) atoms. The Balaban J connectivity index is 1.41. The monoisotopic (exact) mass is 464 g/mol. The molecule has 1 aliphatic heterocycles. The Morgan fingerprint density at radius 1 is 1.06 bits per heavy atom. The number of benzene rings is 2. The van der Waals surface area contributed by atoms with E-state index >= 15 is 0 Å². The average Bonchev–Trinajstić information content (AvgIpc) is 3.29. The number of fused-ring (bicyclic) bond motifs is 1. The molecule has 0 aliphatic carbocycles. The molecule has 4 rings (SSSR count). The van der Waals surface area contributed by atoms with Crippen molar-refractivity contribution in [1.82, 2.24) is 20.1 Å². The number of nitrogens with one attached hydrogen (secondary N) is 2. The lowest BCUT2D eigenvalue weighted by atomic mass is 9.90. The Kier molecular flexibility index (Phi) is 7.69. The minimum atomic E-state index is -0.285. The molecule has 1 aliphatic rings. The number of ether oxygens (including phenoxy) is 2. The van der Waals surface area contributed by atoms with Crippen LogP contribution < -0.4 is 10.1 Å². The predicted octanol–water partition coefficient (Wildman–Crippen LogP) is 3.20. The minimum Gasteiger partial charge on any atom is -0.497 e. The number of carbonyl (C=O) groups is 2. The zero-order chi connectivity index (χ0) is 23.9. The molecule has 2 N–H and O–H groups in total. The van der Waals surface area contributed by atoms with E-state index < -0.39 is 0 Å². The number of methoxy groups -OCH3 is 1. The SMILES string of the molecule is CCOC(=O)N1CCN(CC(=O)NCC(c2ccc(OC)cc2)c2c[nH]c3ccccc23)CC1. The van der Waals surface area contributed by atoms with Gasteiger partial charge in [-0.2, -0.15) is 0 Å². The molecule has 3 aromatic rings. The summed E-state index contributed by atoms with van der Waals surface area (Å²) in [6.07, 6.45) is 1.74. The molecule has 0 radical (unpaired) electrons. The number of aromatic nitrogens is 1. The van der Waals surface area contributed by atoms with Crippen LogP contribution in [0.5, 0.6) is 5.75 Å². The zero-order valence-electron chi connectivity index (χ0n) is 19.8. The topological polar surface area (TPSA) is 86.9 Å². The van der Waals surface area contributed by atoms with E-state index in [2.05, 4.69) is 27.3 Å². The number of rotatable bonds is 8. The van der Waals surface area contributed by atoms with Gasteiger partial charge >= 0.3 is 6.09 Å². The van der Waals surface area contributed by atoms with Gasteiger partial charge in [0.25, 0.3) is 0 Å². The zero-order valence-corrected chi connectivity index (χ0v) is 19.8. The van der Waals surface area contributed by atoms with Gasteiger partial charge < -0.3 is 24.7 Å². The summed E-state index contributed by atoms with van der Waals surface area (Å²) in [5, 5.41) is 4.28. The van der Waals surface area contributed by atoms with E-state index in [4.69, 9.17) is 9.47 Å². The first kappa shape index (κ1) is 23.6. The van der Waals surface area contributed by atoms with Crippen molar-refractivity contribution < 1.29 is 19.1 Å². The van der Waals surface area contributed by atoms with Gasteiger partial charge in [-0.15, -0.1) is 0 Å². The second kappa shape index (κ2) is 11.1. The van der Waals surface area contributed by atoms with Crippen molar-refractivity contribution in [3.05, 3.63) is 65.9 Å². The predicted molar refractivity (Wildman–Crippen MR) is 131 cm³/mol. The fraction of sp³-hybridized carbons (Fsp3) is 0.385. The molecule has 8 nitrogen and oxygen atoms in total. The number of hydrogen-bond donors (Lipinski definition) is 2. The number of piperazine rings is 1. The standard InChI is InChI=1S/C26H32N4O4/c1-3-34-26(32)30-14-12-29(13-15-30)18-25(31)28-16-22(19-8-10-20(33-2)11-9-19)23-17-27-24-7-5-4-6-21(23)24/h4-11,17,22,27H,3,12-16,18H2,1-2H3,(H,28,31). The van der Waals surface area contributed by atoms with E-state index in [0.717, 1.165) is 27.8 Å². The molecule has 2 heterocycles. The van der Waals surface area contributed by atoms with Crippen LogP contribution in [-0.4, -0.2) is 79.8 Å². The highest BCUT2D eigenvalue weighted by atomic mass is 16.6. The van der Waals surface area contributed by atoms with Crippen LogP contribution >= 0.6 is 0 Å². The van der Waals surface area contributed by atoms with Crippen LogP contribution in [0.3, 0.4) is 0 Å². The summed E-state index contributed by atoms with van der Waals surface area (Å²) in [5.41, 5.74) is 3.32. The van der Waals surface area contributed by atoms with Crippen LogP contribution in [-0.2, 0) is 9.53 Å². The molecule has 0 bridgehead atoms. The fourth-order valence-corrected chi connectivity index (χ4v) is 4.40. The summed E-state index contributed by atoms with van der Waals surface area (Å²) in [7, 11) is 1.65. The van der Waals surface area contributed by atoms with Crippen molar-refractivity contribution in [2.24, 2.45) is 0 Å². The number of H-pyrrole nitrogens is 1. The summed E-state index contributed by atoms with van der Waals surface area (Å²) in [4.78, 5) is 31.8. The second-order valence-electron chi connectivity index (χ2n) is 8.38. The summed E-state index contributed by atoms with van der Waals surface area (Å²) in [6.45, 7) is 5.38. The average molecular weight is 465 g/mol. The van der Waals surface area contributed by atoms with Crippen molar-refractivity contribution >= 4 is 22.9 Å². The van der Waals surface area contributed by atoms with Gasteiger partial charge in [0.15, 0.2) is 0 Å². The minimum absolute atomic E-state index is 0.00772. The van der Waals surface area contributed by atoms with Crippen LogP contribution in [0.15, 0.2) is 54.7 Å². The Morgan fingerprint density at radius 3 is 2.50 bits per heavy atom. The molecule has 1 aromatic heterocycles. The van der Waals surface area contributed by atoms with Crippen LogP contribution in [0.1, 0.15) is 24.0 Å². The molecular weight excluding hydrogens is 432 g/mol. The van der Waals surface area contributed by atoms with Gasteiger partial charge in [0, 0.05) is 55.7 Å². The molecular formula is C26H32N4O4. The normalized spacial score (nSPS) is 15.2. The van der Waals surface area contributed by atoms with Crippen LogP contribution in [0, 0.1) is 0 Å². The van der Waals surface area contributed by atoms with E-state index in [1.165, 1.54) is 0 Å². The third kappa shape index (κ3) is 5.51. The summed E-state index contributed by atoms with van der Waals surface area (Å²) in [5.74, 6) is 0.766. The number of aromatic amines is 1. The molecule has 8 heteroatoms. The molecule has 2 aromatic carbocycles.